The molecule has 4 unspecified atom stereocenters. The van der Waals surface area contributed by atoms with Gasteiger partial charge in [0.1, 0.15) is 23.9 Å². The van der Waals surface area contributed by atoms with Gasteiger partial charge in [0.25, 0.3) is 0 Å². The SMILES string of the molecule is NC(N)=NCCCC(NC(=O)C(N)Cc1ccc(O)cc1)C(=O)N1CCCC1C(=O)NC(Cc1c[nH]c2ccccc12)C(=O)O. The lowest BCUT2D eigenvalue weighted by Crippen LogP contribution is -2.57. The highest BCUT2D eigenvalue weighted by atomic mass is 16.4. The number of aromatic amines is 1. The van der Waals surface area contributed by atoms with E-state index in [0.29, 0.717) is 19.3 Å². The molecule has 0 radical (unpaired) electrons. The van der Waals surface area contributed by atoms with E-state index >= 15 is 0 Å². The molecule has 3 aromatic rings. The van der Waals surface area contributed by atoms with Crippen molar-refractivity contribution in [3.8, 4) is 5.75 Å². The number of H-pyrrole nitrogens is 1. The first-order chi connectivity index (χ1) is 21.5. The molecule has 4 atom stereocenters. The van der Waals surface area contributed by atoms with Crippen LogP contribution in [0.15, 0.2) is 59.7 Å². The van der Waals surface area contributed by atoms with Crippen molar-refractivity contribution in [1.82, 2.24) is 20.5 Å². The van der Waals surface area contributed by atoms with Gasteiger partial charge in [0.2, 0.25) is 17.7 Å². The summed E-state index contributed by atoms with van der Waals surface area (Å²) >= 11 is 0. The summed E-state index contributed by atoms with van der Waals surface area (Å²) in [7, 11) is 0. The molecule has 0 aliphatic carbocycles. The Labute approximate surface area is 260 Å². The van der Waals surface area contributed by atoms with Gasteiger partial charge in [0.15, 0.2) is 5.96 Å². The van der Waals surface area contributed by atoms with Crippen molar-refractivity contribution in [2.45, 2.75) is 62.7 Å². The van der Waals surface area contributed by atoms with Gasteiger partial charge in [-0.15, -0.1) is 0 Å². The highest BCUT2D eigenvalue weighted by molar-refractivity contribution is 5.95. The van der Waals surface area contributed by atoms with Crippen LogP contribution in [0.25, 0.3) is 10.9 Å². The molecule has 0 bridgehead atoms. The van der Waals surface area contributed by atoms with Crippen molar-refractivity contribution < 1.29 is 29.4 Å². The number of nitrogens with two attached hydrogens (primary N) is 3. The average molecular weight is 621 g/mol. The number of benzene rings is 2. The van der Waals surface area contributed by atoms with Crippen molar-refractivity contribution in [3.63, 3.8) is 0 Å². The number of amides is 3. The van der Waals surface area contributed by atoms with E-state index in [2.05, 4.69) is 20.6 Å². The van der Waals surface area contributed by atoms with Gasteiger partial charge in [0.05, 0.1) is 6.04 Å². The lowest BCUT2D eigenvalue weighted by Gasteiger charge is -2.30. The molecule has 2 heterocycles. The van der Waals surface area contributed by atoms with E-state index < -0.39 is 47.9 Å². The molecule has 0 spiro atoms. The summed E-state index contributed by atoms with van der Waals surface area (Å²) in [4.78, 5) is 60.9. The maximum Gasteiger partial charge on any atom is 0.326 e. The average Bonchev–Trinajstić information content (AvgIpc) is 3.67. The van der Waals surface area contributed by atoms with Crippen molar-refractivity contribution >= 4 is 40.6 Å². The van der Waals surface area contributed by atoms with Crippen LogP contribution in [-0.2, 0) is 32.0 Å². The smallest absolute Gasteiger partial charge is 0.326 e. The number of nitrogens with zero attached hydrogens (tertiary/aromatic N) is 2. The van der Waals surface area contributed by atoms with E-state index in [1.165, 1.54) is 17.0 Å². The third-order valence-corrected chi connectivity index (χ3v) is 7.84. The Hall–Kier alpha value is -5.11. The van der Waals surface area contributed by atoms with Gasteiger partial charge in [-0.25, -0.2) is 4.79 Å². The molecular formula is C31H40N8O6. The summed E-state index contributed by atoms with van der Waals surface area (Å²) < 4.78 is 0. The molecule has 11 N–H and O–H groups in total. The second-order valence-corrected chi connectivity index (χ2v) is 11.1. The normalized spacial score (nSPS) is 16.5. The first-order valence-corrected chi connectivity index (χ1v) is 14.8. The van der Waals surface area contributed by atoms with Crippen molar-refractivity contribution in [2.75, 3.05) is 13.1 Å². The number of aliphatic imine (C=N–C) groups is 1. The van der Waals surface area contributed by atoms with E-state index in [4.69, 9.17) is 17.2 Å². The van der Waals surface area contributed by atoms with Crippen LogP contribution in [-0.4, -0.2) is 87.0 Å². The number of rotatable bonds is 14. The van der Waals surface area contributed by atoms with Gasteiger partial charge >= 0.3 is 5.97 Å². The largest absolute Gasteiger partial charge is 0.508 e. The number of likely N-dealkylation sites (tertiary alicyclic amines) is 1. The number of carboxylic acids is 1. The maximum atomic E-state index is 13.8. The number of hydrogen-bond acceptors (Lipinski definition) is 7. The Bertz CT molecular complexity index is 1530. The minimum Gasteiger partial charge on any atom is -0.508 e. The van der Waals surface area contributed by atoms with Crippen LogP contribution in [0.4, 0.5) is 0 Å². The van der Waals surface area contributed by atoms with Crippen LogP contribution < -0.4 is 27.8 Å². The fraction of sp³-hybridized carbons (Fsp3) is 0.387. The number of hydrogen-bond donors (Lipinski definition) is 8. The number of guanidine groups is 1. The quantitative estimate of drug-likeness (QED) is 0.0690. The maximum absolute atomic E-state index is 13.8. The van der Waals surface area contributed by atoms with Crippen molar-refractivity contribution in [3.05, 3.63) is 65.9 Å². The number of nitrogens with one attached hydrogen (secondary N) is 3. The van der Waals surface area contributed by atoms with Gasteiger partial charge in [-0.1, -0.05) is 30.3 Å². The van der Waals surface area contributed by atoms with E-state index in [-0.39, 0.29) is 44.1 Å². The number of phenols is 1. The number of carbonyl (C=O) groups excluding carboxylic acids is 3. The van der Waals surface area contributed by atoms with Crippen molar-refractivity contribution in [1.29, 1.82) is 0 Å². The predicted octanol–water partition coefficient (Wildman–Crippen LogP) is 0.0848. The predicted molar refractivity (Wildman–Crippen MR) is 168 cm³/mol. The number of carboxylic acid groups (broad SMARTS) is 1. The van der Waals surface area contributed by atoms with E-state index in [0.717, 1.165) is 22.0 Å². The Morgan fingerprint density at radius 2 is 1.76 bits per heavy atom. The Balaban J connectivity index is 1.45. The molecule has 1 aromatic heterocycles. The van der Waals surface area contributed by atoms with Gasteiger partial charge < -0.3 is 47.9 Å². The van der Waals surface area contributed by atoms with Crippen LogP contribution in [0, 0.1) is 0 Å². The molecule has 14 heteroatoms. The van der Waals surface area contributed by atoms with Crippen molar-refractivity contribution in [2.24, 2.45) is 22.2 Å². The molecule has 0 saturated carbocycles. The molecule has 14 nitrogen and oxygen atoms in total. The standard InChI is InChI=1S/C31H40N8O6/c32-22(15-18-9-11-20(40)12-10-18)27(41)37-24(7-3-13-35-31(33)34)29(43)39-14-4-8-26(39)28(42)38-25(30(44)45)16-19-17-36-23-6-2-1-5-21(19)23/h1-2,5-6,9-12,17,22,24-26,36,40H,3-4,7-8,13-16,32H2,(H,37,41)(H,38,42)(H,44,45)(H4,33,34,35). The first kappa shape index (κ1) is 32.8. The second kappa shape index (κ2) is 15.1. The third-order valence-electron chi connectivity index (χ3n) is 7.84. The highest BCUT2D eigenvalue weighted by Gasteiger charge is 2.39. The number of aromatic nitrogens is 1. The molecule has 1 fully saturated rings. The van der Waals surface area contributed by atoms with Crippen LogP contribution in [0.1, 0.15) is 36.8 Å². The minimum absolute atomic E-state index is 0.0497. The number of para-hydroxylation sites is 1. The Morgan fingerprint density at radius 3 is 2.47 bits per heavy atom. The monoisotopic (exact) mass is 620 g/mol. The summed E-state index contributed by atoms with van der Waals surface area (Å²) in [5.41, 5.74) is 19.3. The van der Waals surface area contributed by atoms with Gasteiger partial charge in [-0.2, -0.15) is 0 Å². The fourth-order valence-corrected chi connectivity index (χ4v) is 5.51. The molecular weight excluding hydrogens is 580 g/mol. The molecule has 4 rings (SSSR count). The zero-order valence-electron chi connectivity index (χ0n) is 24.8. The molecule has 3 amide bonds. The van der Waals surface area contributed by atoms with Crippen LogP contribution >= 0.6 is 0 Å². The van der Waals surface area contributed by atoms with Crippen LogP contribution in [0.5, 0.6) is 5.75 Å². The Morgan fingerprint density at radius 1 is 1.02 bits per heavy atom. The number of aromatic hydroxyl groups is 1. The summed E-state index contributed by atoms with van der Waals surface area (Å²) in [5, 5.41) is 25.7. The van der Waals surface area contributed by atoms with Crippen LogP contribution in [0.3, 0.4) is 0 Å². The summed E-state index contributed by atoms with van der Waals surface area (Å²) in [5.74, 6) is -2.84. The molecule has 2 aromatic carbocycles. The molecule has 1 aliphatic rings. The molecule has 45 heavy (non-hydrogen) atoms. The molecule has 1 saturated heterocycles. The minimum atomic E-state index is -1.22. The fourth-order valence-electron chi connectivity index (χ4n) is 5.51. The lowest BCUT2D eigenvalue weighted by molar-refractivity contribution is -0.145. The van der Waals surface area contributed by atoms with E-state index in [1.54, 1.807) is 18.3 Å². The zero-order chi connectivity index (χ0) is 32.5. The van der Waals surface area contributed by atoms with E-state index in [9.17, 15) is 29.4 Å². The molecule has 1 aliphatic heterocycles. The van der Waals surface area contributed by atoms with Gasteiger partial charge in [-0.05, 0) is 61.4 Å². The highest BCUT2D eigenvalue weighted by Crippen LogP contribution is 2.22. The zero-order valence-corrected chi connectivity index (χ0v) is 24.8. The van der Waals surface area contributed by atoms with E-state index in [1.807, 2.05) is 24.3 Å². The summed E-state index contributed by atoms with van der Waals surface area (Å²) in [6.45, 7) is 0.483. The Kier molecular flexibility index (Phi) is 11.0. The molecule has 240 valence electrons. The third kappa shape index (κ3) is 8.72. The number of fused-ring (bicyclic) bond motifs is 1. The second-order valence-electron chi connectivity index (χ2n) is 11.1. The summed E-state index contributed by atoms with van der Waals surface area (Å²) in [6, 6.07) is 9.61. The van der Waals surface area contributed by atoms with Gasteiger partial charge in [0, 0.05) is 36.6 Å². The lowest BCUT2D eigenvalue weighted by atomic mass is 10.0. The number of carbonyl (C=O) groups is 4. The van der Waals surface area contributed by atoms with Crippen LogP contribution in [0.2, 0.25) is 0 Å². The topological polar surface area (TPSA) is 242 Å². The number of aliphatic carboxylic acids is 1. The van der Waals surface area contributed by atoms with Gasteiger partial charge in [-0.3, -0.25) is 19.4 Å². The first-order valence-electron chi connectivity index (χ1n) is 14.8. The summed E-state index contributed by atoms with van der Waals surface area (Å²) in [6.07, 6.45) is 3.34. The number of phenolic OH excluding ortho intramolecular Hbond substituents is 1.